The zero-order valence-electron chi connectivity index (χ0n) is 13.8. The lowest BCUT2D eigenvalue weighted by Gasteiger charge is -2.42. The zero-order valence-corrected chi connectivity index (χ0v) is 13.8. The minimum Gasteiger partial charge on any atom is -0.374 e. The number of hydrogen-bond donors (Lipinski definition) is 1. The molecule has 0 spiro atoms. The average Bonchev–Trinajstić information content (AvgIpc) is 2.37. The van der Waals surface area contributed by atoms with Crippen molar-refractivity contribution < 1.29 is 4.74 Å². The molecule has 0 aromatic rings. The second-order valence-electron chi connectivity index (χ2n) is 7.00. The summed E-state index contributed by atoms with van der Waals surface area (Å²) >= 11 is 0. The van der Waals surface area contributed by atoms with E-state index in [9.17, 15) is 0 Å². The van der Waals surface area contributed by atoms with E-state index in [1.165, 1.54) is 38.5 Å². The molecule has 1 N–H and O–H groups in total. The van der Waals surface area contributed by atoms with Gasteiger partial charge in [0.05, 0.1) is 5.60 Å². The van der Waals surface area contributed by atoms with E-state index in [1.54, 1.807) is 0 Å². The number of unbranched alkanes of at least 4 members (excludes halogenated alkanes) is 1. The Morgan fingerprint density at radius 2 is 1.79 bits per heavy atom. The van der Waals surface area contributed by atoms with Crippen LogP contribution < -0.4 is 5.32 Å². The van der Waals surface area contributed by atoms with Crippen LogP contribution in [0.15, 0.2) is 0 Å². The van der Waals surface area contributed by atoms with Crippen molar-refractivity contribution in [1.29, 1.82) is 0 Å². The van der Waals surface area contributed by atoms with E-state index in [0.717, 1.165) is 25.0 Å². The minimum absolute atomic E-state index is 0.116. The normalized spacial score (nSPS) is 28.3. The lowest BCUT2D eigenvalue weighted by Crippen LogP contribution is -2.48. The molecule has 0 amide bonds. The van der Waals surface area contributed by atoms with E-state index in [2.05, 4.69) is 39.9 Å². The summed E-state index contributed by atoms with van der Waals surface area (Å²) in [5.74, 6) is 1.73. The molecular formula is C17H35NO. The van der Waals surface area contributed by atoms with Gasteiger partial charge in [-0.2, -0.15) is 0 Å². The quantitative estimate of drug-likeness (QED) is 0.660. The van der Waals surface area contributed by atoms with E-state index in [4.69, 9.17) is 4.74 Å². The Hall–Kier alpha value is -0.0800. The topological polar surface area (TPSA) is 21.3 Å². The molecule has 0 saturated heterocycles. The van der Waals surface area contributed by atoms with E-state index < -0.39 is 0 Å². The molecule has 0 heterocycles. The highest BCUT2D eigenvalue weighted by molar-refractivity contribution is 4.90. The molecule has 1 saturated carbocycles. The van der Waals surface area contributed by atoms with E-state index >= 15 is 0 Å². The summed E-state index contributed by atoms with van der Waals surface area (Å²) in [6.45, 7) is 13.4. The fourth-order valence-corrected chi connectivity index (χ4v) is 3.03. The molecule has 114 valence electrons. The highest BCUT2D eigenvalue weighted by Gasteiger charge is 2.36. The van der Waals surface area contributed by atoms with Crippen LogP contribution in [0, 0.1) is 11.8 Å². The van der Waals surface area contributed by atoms with Crippen LogP contribution in [0.2, 0.25) is 0 Å². The second-order valence-corrected chi connectivity index (χ2v) is 7.00. The van der Waals surface area contributed by atoms with E-state index in [0.29, 0.717) is 6.04 Å². The van der Waals surface area contributed by atoms with Crippen LogP contribution in [0.25, 0.3) is 0 Å². The Kier molecular flexibility index (Phi) is 7.38. The summed E-state index contributed by atoms with van der Waals surface area (Å²) in [6.07, 6.45) is 7.56. The molecule has 1 aliphatic rings. The van der Waals surface area contributed by atoms with Crippen LogP contribution in [-0.2, 0) is 4.74 Å². The van der Waals surface area contributed by atoms with Gasteiger partial charge in [0.1, 0.15) is 0 Å². The predicted octanol–water partition coefficient (Wildman–Crippen LogP) is 4.39. The summed E-state index contributed by atoms with van der Waals surface area (Å²) in [5.41, 5.74) is 0.116. The van der Waals surface area contributed by atoms with Crippen molar-refractivity contribution in [2.75, 3.05) is 13.2 Å². The fraction of sp³-hybridized carbons (Fsp3) is 1.00. The van der Waals surface area contributed by atoms with E-state index in [1.807, 2.05) is 0 Å². The maximum atomic E-state index is 6.33. The van der Waals surface area contributed by atoms with Gasteiger partial charge in [0, 0.05) is 19.2 Å². The third kappa shape index (κ3) is 5.83. The largest absolute Gasteiger partial charge is 0.374 e. The van der Waals surface area contributed by atoms with Crippen LogP contribution in [0.1, 0.15) is 73.1 Å². The van der Waals surface area contributed by atoms with Crippen molar-refractivity contribution in [3.63, 3.8) is 0 Å². The summed E-state index contributed by atoms with van der Waals surface area (Å²) in [7, 11) is 0. The molecule has 0 aliphatic heterocycles. The summed E-state index contributed by atoms with van der Waals surface area (Å²) in [4.78, 5) is 0. The first-order valence-corrected chi connectivity index (χ1v) is 8.36. The van der Waals surface area contributed by atoms with Gasteiger partial charge in [0.2, 0.25) is 0 Å². The number of rotatable bonds is 8. The van der Waals surface area contributed by atoms with Gasteiger partial charge in [-0.15, -0.1) is 0 Å². The molecule has 2 heteroatoms. The van der Waals surface area contributed by atoms with Crippen LogP contribution in [0.5, 0.6) is 0 Å². The third-order valence-corrected chi connectivity index (χ3v) is 4.62. The third-order valence-electron chi connectivity index (χ3n) is 4.62. The van der Waals surface area contributed by atoms with Gasteiger partial charge < -0.3 is 10.1 Å². The maximum absolute atomic E-state index is 6.33. The standard InChI is InChI=1S/C17H35NO/c1-6-7-12-19-17(13-18-15(4)5)10-8-16(9-11-17)14(2)3/h14-16,18H,6-13H2,1-5H3. The van der Waals surface area contributed by atoms with Crippen LogP contribution in [0.3, 0.4) is 0 Å². The molecule has 0 bridgehead atoms. The van der Waals surface area contributed by atoms with Crippen molar-refractivity contribution in [2.24, 2.45) is 11.8 Å². The number of nitrogens with one attached hydrogen (secondary N) is 1. The highest BCUT2D eigenvalue weighted by atomic mass is 16.5. The zero-order chi connectivity index (χ0) is 14.3. The molecular weight excluding hydrogens is 234 g/mol. The lowest BCUT2D eigenvalue weighted by atomic mass is 9.74. The highest BCUT2D eigenvalue weighted by Crippen LogP contribution is 2.38. The summed E-state index contributed by atoms with van der Waals surface area (Å²) in [6, 6.07) is 0.550. The molecule has 19 heavy (non-hydrogen) atoms. The van der Waals surface area contributed by atoms with Gasteiger partial charge in [0.25, 0.3) is 0 Å². The van der Waals surface area contributed by atoms with Gasteiger partial charge in [-0.25, -0.2) is 0 Å². The minimum atomic E-state index is 0.116. The van der Waals surface area contributed by atoms with Crippen molar-refractivity contribution in [3.05, 3.63) is 0 Å². The van der Waals surface area contributed by atoms with Crippen LogP contribution in [0.4, 0.5) is 0 Å². The van der Waals surface area contributed by atoms with Crippen LogP contribution in [-0.4, -0.2) is 24.8 Å². The molecule has 1 aliphatic carbocycles. The van der Waals surface area contributed by atoms with Gasteiger partial charge in [-0.1, -0.05) is 41.0 Å². The van der Waals surface area contributed by atoms with Gasteiger partial charge in [-0.05, 0) is 43.9 Å². The number of ether oxygens (including phenoxy) is 1. The molecule has 0 aromatic heterocycles. The van der Waals surface area contributed by atoms with Crippen molar-refractivity contribution in [1.82, 2.24) is 5.32 Å². The van der Waals surface area contributed by atoms with Crippen molar-refractivity contribution >= 4 is 0 Å². The van der Waals surface area contributed by atoms with E-state index in [-0.39, 0.29) is 5.60 Å². The molecule has 0 aromatic carbocycles. The fourth-order valence-electron chi connectivity index (χ4n) is 3.03. The Morgan fingerprint density at radius 3 is 2.26 bits per heavy atom. The maximum Gasteiger partial charge on any atom is 0.0806 e. The van der Waals surface area contributed by atoms with Crippen molar-refractivity contribution in [3.8, 4) is 0 Å². The first-order chi connectivity index (χ1) is 8.99. The Bertz CT molecular complexity index is 229. The summed E-state index contributed by atoms with van der Waals surface area (Å²) < 4.78 is 6.33. The predicted molar refractivity (Wildman–Crippen MR) is 83.5 cm³/mol. The van der Waals surface area contributed by atoms with Crippen molar-refractivity contribution in [2.45, 2.75) is 84.8 Å². The average molecular weight is 269 g/mol. The number of hydrogen-bond acceptors (Lipinski definition) is 2. The molecule has 1 fully saturated rings. The molecule has 0 atom stereocenters. The Labute approximate surface area is 120 Å². The molecule has 0 radical (unpaired) electrons. The first-order valence-electron chi connectivity index (χ1n) is 8.36. The lowest BCUT2D eigenvalue weighted by molar-refractivity contribution is -0.0811. The second kappa shape index (κ2) is 8.26. The summed E-state index contributed by atoms with van der Waals surface area (Å²) in [5, 5.41) is 3.60. The first kappa shape index (κ1) is 17.0. The van der Waals surface area contributed by atoms with Gasteiger partial charge in [-0.3, -0.25) is 0 Å². The molecule has 0 unspecified atom stereocenters. The smallest absolute Gasteiger partial charge is 0.0806 e. The molecule has 2 nitrogen and oxygen atoms in total. The van der Waals surface area contributed by atoms with Gasteiger partial charge in [0.15, 0.2) is 0 Å². The monoisotopic (exact) mass is 269 g/mol. The SMILES string of the molecule is CCCCOC1(CNC(C)C)CCC(C(C)C)CC1. The Balaban J connectivity index is 2.50. The molecule has 1 rings (SSSR count). The van der Waals surface area contributed by atoms with Gasteiger partial charge >= 0.3 is 0 Å². The van der Waals surface area contributed by atoms with Crippen LogP contribution >= 0.6 is 0 Å². The Morgan fingerprint density at radius 1 is 1.16 bits per heavy atom.